The van der Waals surface area contributed by atoms with Crippen molar-refractivity contribution in [1.29, 1.82) is 0 Å². The van der Waals surface area contributed by atoms with E-state index in [4.69, 9.17) is 0 Å². The Balaban J connectivity index is 2.38. The van der Waals surface area contributed by atoms with Gasteiger partial charge in [0, 0.05) is 24.3 Å². The molecule has 4 heteroatoms. The van der Waals surface area contributed by atoms with Crippen LogP contribution >= 0.6 is 0 Å². The Morgan fingerprint density at radius 3 is 2.25 bits per heavy atom. The van der Waals surface area contributed by atoms with Crippen LogP contribution < -0.4 is 0 Å². The molecule has 2 rings (SSSR count). The lowest BCUT2D eigenvalue weighted by Crippen LogP contribution is -2.42. The Kier molecular flexibility index (Phi) is 2.58. The van der Waals surface area contributed by atoms with E-state index in [1.807, 2.05) is 13.8 Å². The first-order valence-corrected chi connectivity index (χ1v) is 5.51. The molecule has 1 amide bonds. The number of H-pyrrole nitrogens is 1. The molecule has 1 aliphatic heterocycles. The molecular formula is C12H16N2O2. The van der Waals surface area contributed by atoms with Crippen LogP contribution in [0.15, 0.2) is 0 Å². The summed E-state index contributed by atoms with van der Waals surface area (Å²) in [7, 11) is 0. The minimum absolute atomic E-state index is 0.00825. The number of hydrogen-bond acceptors (Lipinski definition) is 2. The number of aromatic nitrogens is 1. The number of nitrogens with zero attached hydrogens (tertiary/aromatic N) is 1. The van der Waals surface area contributed by atoms with E-state index in [1.54, 1.807) is 4.90 Å². The van der Waals surface area contributed by atoms with Crippen molar-refractivity contribution in [3.8, 4) is 0 Å². The molecule has 0 bridgehead atoms. The first-order chi connectivity index (χ1) is 7.52. The van der Waals surface area contributed by atoms with Gasteiger partial charge in [0.05, 0.1) is 0 Å². The maximum Gasteiger partial charge on any atom is 0.270 e. The van der Waals surface area contributed by atoms with Gasteiger partial charge in [-0.25, -0.2) is 0 Å². The Bertz CT molecular complexity index is 456. The van der Waals surface area contributed by atoms with E-state index in [2.05, 4.69) is 4.98 Å². The predicted octanol–water partition coefficient (Wildman–Crippen LogP) is 1.68. The molecule has 0 unspecified atom stereocenters. The third-order valence-electron chi connectivity index (χ3n) is 3.15. The lowest BCUT2D eigenvalue weighted by atomic mass is 10.1. The van der Waals surface area contributed by atoms with Gasteiger partial charge in [0.25, 0.3) is 5.91 Å². The fraction of sp³-hybridized carbons (Fsp3) is 0.500. The minimum atomic E-state index is 0.00825. The van der Waals surface area contributed by atoms with E-state index in [9.17, 15) is 9.59 Å². The molecule has 1 saturated heterocycles. The molecule has 1 aromatic heterocycles. The number of aryl methyl sites for hydroxylation is 1. The van der Waals surface area contributed by atoms with E-state index >= 15 is 0 Å². The third-order valence-corrected chi connectivity index (χ3v) is 3.15. The summed E-state index contributed by atoms with van der Waals surface area (Å²) in [6, 6.07) is 0. The van der Waals surface area contributed by atoms with Crippen molar-refractivity contribution in [2.45, 2.75) is 27.2 Å². The van der Waals surface area contributed by atoms with E-state index in [-0.39, 0.29) is 11.7 Å². The van der Waals surface area contributed by atoms with Crippen molar-refractivity contribution in [1.82, 2.24) is 9.88 Å². The third kappa shape index (κ3) is 1.54. The van der Waals surface area contributed by atoms with E-state index in [1.165, 1.54) is 6.92 Å². The average Bonchev–Trinajstić information content (AvgIpc) is 2.38. The zero-order chi connectivity index (χ0) is 11.9. The van der Waals surface area contributed by atoms with Gasteiger partial charge in [0.1, 0.15) is 5.69 Å². The van der Waals surface area contributed by atoms with Crippen LogP contribution in [0.4, 0.5) is 0 Å². The van der Waals surface area contributed by atoms with Crippen LogP contribution in [0.3, 0.4) is 0 Å². The van der Waals surface area contributed by atoms with Crippen molar-refractivity contribution in [3.63, 3.8) is 0 Å². The SMILES string of the molecule is CC(=O)c1c(C)[nH]c(C(=O)N2CCC2)c1C. The topological polar surface area (TPSA) is 53.2 Å². The van der Waals surface area contributed by atoms with E-state index in [0.717, 1.165) is 30.8 Å². The maximum atomic E-state index is 12.0. The van der Waals surface area contributed by atoms with Gasteiger partial charge in [-0.15, -0.1) is 0 Å². The standard InChI is InChI=1S/C12H16N2O2/c1-7-10(9(3)15)8(2)13-11(7)12(16)14-5-4-6-14/h13H,4-6H2,1-3H3. The van der Waals surface area contributed by atoms with Crippen molar-refractivity contribution in [2.24, 2.45) is 0 Å². The number of nitrogens with one attached hydrogen (secondary N) is 1. The number of carbonyl (C=O) groups is 2. The summed E-state index contributed by atoms with van der Waals surface area (Å²) >= 11 is 0. The van der Waals surface area contributed by atoms with Crippen LogP contribution in [0.1, 0.15) is 45.4 Å². The maximum absolute atomic E-state index is 12.0. The lowest BCUT2D eigenvalue weighted by Gasteiger charge is -2.30. The Morgan fingerprint density at radius 2 is 1.88 bits per heavy atom. The van der Waals surface area contributed by atoms with Gasteiger partial charge in [0.2, 0.25) is 0 Å². The Labute approximate surface area is 94.6 Å². The average molecular weight is 220 g/mol. The smallest absolute Gasteiger partial charge is 0.270 e. The monoisotopic (exact) mass is 220 g/mol. The minimum Gasteiger partial charge on any atom is -0.354 e. The van der Waals surface area contributed by atoms with Crippen LogP contribution in [0.5, 0.6) is 0 Å². The Morgan fingerprint density at radius 1 is 1.25 bits per heavy atom. The van der Waals surface area contributed by atoms with Crippen molar-refractivity contribution < 1.29 is 9.59 Å². The molecule has 1 N–H and O–H groups in total. The van der Waals surface area contributed by atoms with Gasteiger partial charge in [-0.2, -0.15) is 0 Å². The molecule has 1 fully saturated rings. The molecule has 86 valence electrons. The molecule has 4 nitrogen and oxygen atoms in total. The molecule has 0 saturated carbocycles. The normalized spacial score (nSPS) is 14.8. The summed E-state index contributed by atoms with van der Waals surface area (Å²) in [5, 5.41) is 0. The summed E-state index contributed by atoms with van der Waals surface area (Å²) in [4.78, 5) is 28.3. The van der Waals surface area contributed by atoms with Crippen LogP contribution in [-0.4, -0.2) is 34.7 Å². The van der Waals surface area contributed by atoms with Gasteiger partial charge in [-0.05, 0) is 32.8 Å². The fourth-order valence-electron chi connectivity index (χ4n) is 2.17. The second kappa shape index (κ2) is 3.77. The number of aromatic amines is 1. The summed E-state index contributed by atoms with van der Waals surface area (Å²) < 4.78 is 0. The molecule has 0 aromatic carbocycles. The molecule has 0 radical (unpaired) electrons. The molecule has 2 heterocycles. The van der Waals surface area contributed by atoms with Crippen LogP contribution in [0.25, 0.3) is 0 Å². The number of likely N-dealkylation sites (tertiary alicyclic amines) is 1. The van der Waals surface area contributed by atoms with Gasteiger partial charge in [0.15, 0.2) is 5.78 Å². The highest BCUT2D eigenvalue weighted by Crippen LogP contribution is 2.21. The van der Waals surface area contributed by atoms with Crippen LogP contribution in [-0.2, 0) is 0 Å². The lowest BCUT2D eigenvalue weighted by molar-refractivity contribution is 0.0645. The largest absolute Gasteiger partial charge is 0.354 e. The fourth-order valence-corrected chi connectivity index (χ4v) is 2.17. The van der Waals surface area contributed by atoms with E-state index < -0.39 is 0 Å². The number of rotatable bonds is 2. The highest BCUT2D eigenvalue weighted by molar-refractivity contribution is 6.02. The van der Waals surface area contributed by atoms with Crippen LogP contribution in [0.2, 0.25) is 0 Å². The first-order valence-electron chi connectivity index (χ1n) is 5.51. The quantitative estimate of drug-likeness (QED) is 0.771. The van der Waals surface area contributed by atoms with Gasteiger partial charge in [-0.1, -0.05) is 0 Å². The van der Waals surface area contributed by atoms with Gasteiger partial charge < -0.3 is 9.88 Å². The molecule has 1 aromatic rings. The summed E-state index contributed by atoms with van der Waals surface area (Å²) in [5.74, 6) is 0.0215. The van der Waals surface area contributed by atoms with Gasteiger partial charge >= 0.3 is 0 Å². The molecule has 0 atom stereocenters. The molecule has 16 heavy (non-hydrogen) atoms. The number of ketones is 1. The predicted molar refractivity (Wildman–Crippen MR) is 60.8 cm³/mol. The van der Waals surface area contributed by atoms with Crippen LogP contribution in [0, 0.1) is 13.8 Å². The highest BCUT2D eigenvalue weighted by atomic mass is 16.2. The second-order valence-electron chi connectivity index (χ2n) is 4.33. The summed E-state index contributed by atoms with van der Waals surface area (Å²) in [6.07, 6.45) is 1.07. The number of Topliss-reactive ketones (excluding diaryl/α,β-unsaturated/α-hetero) is 1. The molecule has 0 aliphatic carbocycles. The summed E-state index contributed by atoms with van der Waals surface area (Å²) in [5.41, 5.74) is 2.79. The first kappa shape index (κ1) is 10.9. The number of carbonyl (C=O) groups excluding carboxylic acids is 2. The van der Waals surface area contributed by atoms with Gasteiger partial charge in [-0.3, -0.25) is 9.59 Å². The highest BCUT2D eigenvalue weighted by Gasteiger charge is 2.26. The summed E-state index contributed by atoms with van der Waals surface area (Å²) in [6.45, 7) is 6.84. The van der Waals surface area contributed by atoms with Crippen molar-refractivity contribution in [2.75, 3.05) is 13.1 Å². The number of amides is 1. The van der Waals surface area contributed by atoms with E-state index in [0.29, 0.717) is 11.3 Å². The zero-order valence-corrected chi connectivity index (χ0v) is 9.89. The van der Waals surface area contributed by atoms with Crippen molar-refractivity contribution in [3.05, 3.63) is 22.5 Å². The zero-order valence-electron chi connectivity index (χ0n) is 9.89. The second-order valence-corrected chi connectivity index (χ2v) is 4.33. The molecular weight excluding hydrogens is 204 g/mol. The molecule has 1 aliphatic rings. The molecule has 0 spiro atoms. The number of hydrogen-bond donors (Lipinski definition) is 1. The Hall–Kier alpha value is -1.58. The van der Waals surface area contributed by atoms with Crippen molar-refractivity contribution >= 4 is 11.7 Å².